The summed E-state index contributed by atoms with van der Waals surface area (Å²) in [7, 11) is 1.88. The Kier molecular flexibility index (Phi) is 13.4. The number of hydrogen-bond acceptors (Lipinski definition) is 7. The van der Waals surface area contributed by atoms with Crippen molar-refractivity contribution < 1.29 is 50.9 Å². The molecule has 1 aromatic carbocycles. The van der Waals surface area contributed by atoms with Gasteiger partial charge in [-0.15, -0.1) is 0 Å². The van der Waals surface area contributed by atoms with Crippen LogP contribution in [0.4, 0.5) is 32.2 Å². The highest BCUT2D eigenvalue weighted by Gasteiger charge is 2.39. The molecule has 2 atom stereocenters. The summed E-state index contributed by atoms with van der Waals surface area (Å²) in [5.41, 5.74) is 13.2. The average Bonchev–Trinajstić information content (AvgIpc) is 2.97. The number of amides is 1. The van der Waals surface area contributed by atoms with E-state index in [1.165, 1.54) is 19.3 Å². The van der Waals surface area contributed by atoms with Crippen LogP contribution >= 0.6 is 0 Å². The molecule has 256 valence electrons. The van der Waals surface area contributed by atoms with Gasteiger partial charge in [-0.05, 0) is 44.7 Å². The van der Waals surface area contributed by atoms with Gasteiger partial charge in [0.25, 0.3) is 5.91 Å². The number of carboxylic acids is 2. The molecule has 2 aliphatic carbocycles. The maximum Gasteiger partial charge on any atom is 0.490 e. The summed E-state index contributed by atoms with van der Waals surface area (Å²) in [5, 5.41) is 18.7. The Hall–Kier alpha value is -4.38. The Bertz CT molecular complexity index is 1370. The van der Waals surface area contributed by atoms with Crippen molar-refractivity contribution >= 4 is 40.5 Å². The molecule has 1 aromatic heterocycles. The van der Waals surface area contributed by atoms with E-state index in [0.29, 0.717) is 5.82 Å². The zero-order valence-corrected chi connectivity index (χ0v) is 25.2. The van der Waals surface area contributed by atoms with Gasteiger partial charge in [-0.1, -0.05) is 43.7 Å². The number of hydrogen-bond donors (Lipinski definition) is 5. The Labute approximate surface area is 260 Å². The number of alkyl halides is 6. The van der Waals surface area contributed by atoms with Gasteiger partial charge in [0.1, 0.15) is 5.82 Å². The predicted octanol–water partition coefficient (Wildman–Crippen LogP) is 4.61. The summed E-state index contributed by atoms with van der Waals surface area (Å²) in [5.74, 6) is -4.60. The highest BCUT2D eigenvalue weighted by atomic mass is 19.4. The zero-order valence-electron chi connectivity index (χ0n) is 25.2. The minimum atomic E-state index is -5.08. The zero-order chi connectivity index (χ0) is 34.8. The van der Waals surface area contributed by atoms with E-state index in [-0.39, 0.29) is 35.8 Å². The molecular formula is C28H37F6N7O5. The van der Waals surface area contributed by atoms with Crippen molar-refractivity contribution in [1.82, 2.24) is 14.9 Å². The number of nitrogens with one attached hydrogen (secondary N) is 1. The monoisotopic (exact) mass is 665 g/mol. The summed E-state index contributed by atoms with van der Waals surface area (Å²) in [4.78, 5) is 46.8. The van der Waals surface area contributed by atoms with E-state index in [0.717, 1.165) is 55.0 Å². The maximum atomic E-state index is 13.3. The first kappa shape index (κ1) is 37.8. The number of halogens is 6. The standard InChI is InChI=1S/C24H35N7O.2C2HF3O2/c1-15-12-13-18-17(14-15)21(28-19-10-6-7-11-20(19)29-24(25)26)30-22(27-18)23(32)31(2)16-8-4-3-5-9-16;2*3-2(4,5)1(6)7/h12-14,16,19-20H,3-11H2,1-2H3,(H4,25,26,29)(H,27,28,30);2*(H,6,7). The van der Waals surface area contributed by atoms with Crippen LogP contribution in [0.5, 0.6) is 0 Å². The van der Waals surface area contributed by atoms with Crippen molar-refractivity contribution in [2.45, 2.75) is 95.2 Å². The summed E-state index contributed by atoms with van der Waals surface area (Å²) in [6, 6.07) is 6.35. The number of guanidine groups is 1. The molecule has 2 unspecified atom stereocenters. The number of fused-ring (bicyclic) bond motifs is 1. The summed E-state index contributed by atoms with van der Waals surface area (Å²) in [6.45, 7) is 2.04. The van der Waals surface area contributed by atoms with Crippen molar-refractivity contribution in [3.8, 4) is 0 Å². The molecule has 4 rings (SSSR count). The fraction of sp³-hybridized carbons (Fsp3) is 0.571. The quantitative estimate of drug-likeness (QED) is 0.171. The van der Waals surface area contributed by atoms with Gasteiger partial charge in [0.2, 0.25) is 5.82 Å². The molecule has 0 aliphatic heterocycles. The third kappa shape index (κ3) is 11.5. The number of aryl methyl sites for hydroxylation is 1. The maximum absolute atomic E-state index is 13.3. The van der Waals surface area contributed by atoms with Crippen molar-refractivity contribution in [2.75, 3.05) is 12.4 Å². The van der Waals surface area contributed by atoms with E-state index < -0.39 is 24.3 Å². The second-order valence-corrected chi connectivity index (χ2v) is 10.9. The lowest BCUT2D eigenvalue weighted by molar-refractivity contribution is -0.193. The number of aliphatic carboxylic acids is 2. The first-order valence-corrected chi connectivity index (χ1v) is 14.3. The molecule has 18 heteroatoms. The van der Waals surface area contributed by atoms with Crippen LogP contribution < -0.4 is 16.8 Å². The molecule has 2 saturated carbocycles. The third-order valence-electron chi connectivity index (χ3n) is 7.34. The van der Waals surface area contributed by atoms with Crippen LogP contribution in [0.2, 0.25) is 0 Å². The van der Waals surface area contributed by atoms with Gasteiger partial charge in [0, 0.05) is 18.5 Å². The van der Waals surface area contributed by atoms with Crippen molar-refractivity contribution in [2.24, 2.45) is 16.5 Å². The summed E-state index contributed by atoms with van der Waals surface area (Å²) in [6.07, 6.45) is -0.424. The van der Waals surface area contributed by atoms with Gasteiger partial charge in [-0.3, -0.25) is 4.79 Å². The number of anilines is 1. The molecular weight excluding hydrogens is 628 g/mol. The normalized spacial score (nSPS) is 18.6. The highest BCUT2D eigenvalue weighted by molar-refractivity contribution is 5.96. The second kappa shape index (κ2) is 16.3. The topological polar surface area (TPSA) is 197 Å². The van der Waals surface area contributed by atoms with Gasteiger partial charge >= 0.3 is 24.3 Å². The van der Waals surface area contributed by atoms with Gasteiger partial charge in [0.05, 0.1) is 17.6 Å². The number of aromatic nitrogens is 2. The average molecular weight is 666 g/mol. The van der Waals surface area contributed by atoms with Crippen molar-refractivity contribution in [3.05, 3.63) is 29.6 Å². The minimum absolute atomic E-state index is 0.00682. The molecule has 2 aromatic rings. The van der Waals surface area contributed by atoms with E-state index in [4.69, 9.17) is 36.3 Å². The lowest BCUT2D eigenvalue weighted by Crippen LogP contribution is -2.40. The number of carbonyl (C=O) groups is 3. The Morgan fingerprint density at radius 3 is 1.93 bits per heavy atom. The predicted molar refractivity (Wildman–Crippen MR) is 156 cm³/mol. The molecule has 2 fully saturated rings. The second-order valence-electron chi connectivity index (χ2n) is 10.9. The molecule has 0 spiro atoms. The number of carboxylic acid groups (broad SMARTS) is 2. The minimum Gasteiger partial charge on any atom is -0.475 e. The molecule has 2 aliphatic rings. The number of aliphatic imine (C=N–C) groups is 1. The van der Waals surface area contributed by atoms with Crippen LogP contribution in [0, 0.1) is 6.92 Å². The molecule has 1 heterocycles. The van der Waals surface area contributed by atoms with Crippen LogP contribution in [0.1, 0.15) is 74.0 Å². The summed E-state index contributed by atoms with van der Waals surface area (Å²) >= 11 is 0. The fourth-order valence-corrected chi connectivity index (χ4v) is 5.04. The lowest BCUT2D eigenvalue weighted by Gasteiger charge is -2.31. The van der Waals surface area contributed by atoms with E-state index in [1.54, 1.807) is 0 Å². The van der Waals surface area contributed by atoms with Gasteiger partial charge < -0.3 is 31.9 Å². The third-order valence-corrected chi connectivity index (χ3v) is 7.34. The van der Waals surface area contributed by atoms with Crippen LogP contribution in [0.25, 0.3) is 10.9 Å². The molecule has 46 heavy (non-hydrogen) atoms. The van der Waals surface area contributed by atoms with Crippen LogP contribution in [-0.2, 0) is 9.59 Å². The van der Waals surface area contributed by atoms with Crippen LogP contribution in [0.15, 0.2) is 23.2 Å². The number of nitrogens with zero attached hydrogens (tertiary/aromatic N) is 4. The van der Waals surface area contributed by atoms with Crippen LogP contribution in [-0.4, -0.2) is 86.4 Å². The molecule has 7 N–H and O–H groups in total. The molecule has 12 nitrogen and oxygen atoms in total. The molecule has 0 radical (unpaired) electrons. The SMILES string of the molecule is Cc1ccc2nc(C(=O)N(C)C3CCCCC3)nc(NC3CCCCC3N=C(N)N)c2c1.O=C(O)C(F)(F)F.O=C(O)C(F)(F)F. The van der Waals surface area contributed by atoms with Crippen molar-refractivity contribution in [1.29, 1.82) is 0 Å². The van der Waals surface area contributed by atoms with E-state index >= 15 is 0 Å². The largest absolute Gasteiger partial charge is 0.490 e. The lowest BCUT2D eigenvalue weighted by atomic mass is 9.90. The van der Waals surface area contributed by atoms with Crippen molar-refractivity contribution in [3.63, 3.8) is 0 Å². The number of rotatable bonds is 5. The fourth-order valence-electron chi connectivity index (χ4n) is 5.04. The first-order valence-electron chi connectivity index (χ1n) is 14.3. The van der Waals surface area contributed by atoms with E-state index in [2.05, 4.69) is 21.4 Å². The smallest absolute Gasteiger partial charge is 0.475 e. The Balaban J connectivity index is 0.000000440. The Morgan fingerprint density at radius 2 is 1.41 bits per heavy atom. The number of benzene rings is 1. The Morgan fingerprint density at radius 1 is 0.891 bits per heavy atom. The molecule has 0 bridgehead atoms. The first-order chi connectivity index (χ1) is 21.3. The van der Waals surface area contributed by atoms with Gasteiger partial charge in [-0.25, -0.2) is 24.5 Å². The van der Waals surface area contributed by atoms with Gasteiger partial charge in [-0.2, -0.15) is 26.3 Å². The van der Waals surface area contributed by atoms with Crippen LogP contribution in [0.3, 0.4) is 0 Å². The number of nitrogens with two attached hydrogens (primary N) is 2. The van der Waals surface area contributed by atoms with Gasteiger partial charge in [0.15, 0.2) is 5.96 Å². The summed E-state index contributed by atoms with van der Waals surface area (Å²) < 4.78 is 63.5. The van der Waals surface area contributed by atoms with E-state index in [1.807, 2.05) is 31.0 Å². The highest BCUT2D eigenvalue weighted by Crippen LogP contribution is 2.29. The number of carbonyl (C=O) groups excluding carboxylic acids is 1. The molecule has 1 amide bonds. The molecule has 0 saturated heterocycles. The van der Waals surface area contributed by atoms with E-state index in [9.17, 15) is 31.1 Å².